The number of rotatable bonds is 6. The number of nitrogens with zero attached hydrogens (tertiary/aromatic N) is 3. The Labute approximate surface area is 168 Å². The van der Waals surface area contributed by atoms with Gasteiger partial charge in [0.2, 0.25) is 5.91 Å². The minimum Gasteiger partial charge on any atom is -0.496 e. The fourth-order valence-corrected chi connectivity index (χ4v) is 4.51. The molecule has 2 amide bonds. The van der Waals surface area contributed by atoms with E-state index in [1.165, 1.54) is 12.8 Å². The molecule has 6 nitrogen and oxygen atoms in total. The highest BCUT2D eigenvalue weighted by Gasteiger charge is 2.38. The summed E-state index contributed by atoms with van der Waals surface area (Å²) in [7, 11) is 3.48. The van der Waals surface area contributed by atoms with Crippen LogP contribution in [0.3, 0.4) is 0 Å². The molecule has 1 aromatic rings. The molecule has 28 heavy (non-hydrogen) atoms. The highest BCUT2D eigenvalue weighted by Crippen LogP contribution is 2.32. The Morgan fingerprint density at radius 1 is 1.14 bits per heavy atom. The normalized spacial score (nSPS) is 19.5. The number of benzene rings is 1. The summed E-state index contributed by atoms with van der Waals surface area (Å²) in [4.78, 5) is 32.1. The minimum atomic E-state index is -0.0454. The van der Waals surface area contributed by atoms with Crippen LogP contribution in [0, 0.1) is 5.92 Å². The van der Waals surface area contributed by atoms with Crippen LogP contribution in [0.2, 0.25) is 0 Å². The summed E-state index contributed by atoms with van der Waals surface area (Å²) in [6, 6.07) is 7.32. The average molecular weight is 388 g/mol. The summed E-state index contributed by atoms with van der Waals surface area (Å²) in [5.41, 5.74) is 0.604. The van der Waals surface area contributed by atoms with Crippen molar-refractivity contribution < 1.29 is 14.3 Å². The van der Waals surface area contributed by atoms with Crippen molar-refractivity contribution in [2.24, 2.45) is 5.92 Å². The van der Waals surface area contributed by atoms with Gasteiger partial charge in [-0.3, -0.25) is 14.5 Å². The molecule has 1 aliphatic heterocycles. The van der Waals surface area contributed by atoms with Crippen LogP contribution in [0.4, 0.5) is 0 Å². The number of likely N-dealkylation sites (N-methyl/N-ethyl adjacent to an activating group) is 1. The number of carbonyl (C=O) groups excluding carboxylic acids is 2. The van der Waals surface area contributed by atoms with Crippen molar-refractivity contribution in [2.45, 2.75) is 38.6 Å². The van der Waals surface area contributed by atoms with Gasteiger partial charge < -0.3 is 14.5 Å². The van der Waals surface area contributed by atoms with Crippen LogP contribution >= 0.6 is 0 Å². The first-order valence-electron chi connectivity index (χ1n) is 10.5. The monoisotopic (exact) mass is 387 g/mol. The first kappa shape index (κ1) is 20.6. The molecule has 0 N–H and O–H groups in total. The van der Waals surface area contributed by atoms with E-state index < -0.39 is 0 Å². The number of amides is 2. The first-order valence-corrected chi connectivity index (χ1v) is 10.5. The molecule has 0 aromatic heterocycles. The van der Waals surface area contributed by atoms with Crippen LogP contribution in [0.5, 0.6) is 5.75 Å². The van der Waals surface area contributed by atoms with Gasteiger partial charge in [0.15, 0.2) is 0 Å². The van der Waals surface area contributed by atoms with E-state index >= 15 is 0 Å². The van der Waals surface area contributed by atoms with Crippen molar-refractivity contribution in [3.05, 3.63) is 29.8 Å². The fraction of sp³-hybridized carbons (Fsp3) is 0.636. The molecule has 6 heteroatoms. The molecule has 0 bridgehead atoms. The van der Waals surface area contributed by atoms with Crippen LogP contribution in [-0.4, -0.2) is 79.4 Å². The van der Waals surface area contributed by atoms with Crippen molar-refractivity contribution in [1.82, 2.24) is 14.7 Å². The lowest BCUT2D eigenvalue weighted by Gasteiger charge is -2.42. The van der Waals surface area contributed by atoms with Crippen molar-refractivity contribution in [3.8, 4) is 5.75 Å². The Balaban J connectivity index is 1.68. The largest absolute Gasteiger partial charge is 0.496 e. The zero-order valence-electron chi connectivity index (χ0n) is 17.4. The van der Waals surface area contributed by atoms with Gasteiger partial charge in [0, 0.05) is 39.8 Å². The Kier molecular flexibility index (Phi) is 6.94. The van der Waals surface area contributed by atoms with Gasteiger partial charge in [0.25, 0.3) is 5.91 Å². The van der Waals surface area contributed by atoms with E-state index in [0.717, 1.165) is 32.5 Å². The van der Waals surface area contributed by atoms with Crippen LogP contribution in [0.25, 0.3) is 0 Å². The highest BCUT2D eigenvalue weighted by molar-refractivity contribution is 5.97. The van der Waals surface area contributed by atoms with E-state index in [1.807, 2.05) is 48.0 Å². The number of carbonyl (C=O) groups is 2. The van der Waals surface area contributed by atoms with Gasteiger partial charge in [0.1, 0.15) is 5.75 Å². The molecule has 0 radical (unpaired) electrons. The number of para-hydroxylation sites is 1. The quantitative estimate of drug-likeness (QED) is 0.753. The summed E-state index contributed by atoms with van der Waals surface area (Å²) in [5, 5.41) is 0. The van der Waals surface area contributed by atoms with E-state index in [0.29, 0.717) is 30.3 Å². The number of hydrogen-bond donors (Lipinski definition) is 0. The minimum absolute atomic E-state index is 0.00604. The molecular formula is C22H33N3O3. The number of ether oxygens (including phenoxy) is 1. The number of methoxy groups -OCH3 is 1. The molecule has 1 heterocycles. The van der Waals surface area contributed by atoms with Gasteiger partial charge in [0.05, 0.1) is 18.7 Å². The van der Waals surface area contributed by atoms with Crippen molar-refractivity contribution in [3.63, 3.8) is 0 Å². The second kappa shape index (κ2) is 9.41. The third-order valence-corrected chi connectivity index (χ3v) is 6.28. The Morgan fingerprint density at radius 3 is 2.39 bits per heavy atom. The van der Waals surface area contributed by atoms with E-state index in [-0.39, 0.29) is 17.9 Å². The Hall–Kier alpha value is -2.08. The van der Waals surface area contributed by atoms with Crippen LogP contribution in [0.15, 0.2) is 24.3 Å². The standard InChI is InChI=1S/C22H33N3O3/c1-4-23(2)22(27)20(17-9-5-6-10-17)24-13-15-25(16-14-24)21(26)18-11-7-8-12-19(18)28-3/h7-8,11-12,17,20H,4-6,9-10,13-16H2,1-3H3/t20-/m0/s1. The molecule has 1 aromatic carbocycles. The maximum atomic E-state index is 13.1. The lowest BCUT2D eigenvalue weighted by atomic mass is 9.94. The van der Waals surface area contributed by atoms with Gasteiger partial charge in [-0.2, -0.15) is 0 Å². The molecule has 3 rings (SSSR count). The summed E-state index contributed by atoms with van der Waals surface area (Å²) < 4.78 is 5.35. The third-order valence-electron chi connectivity index (χ3n) is 6.28. The topological polar surface area (TPSA) is 53.1 Å². The Morgan fingerprint density at radius 2 is 1.79 bits per heavy atom. The predicted octanol–water partition coefficient (Wildman–Crippen LogP) is 2.49. The molecule has 2 fully saturated rings. The van der Waals surface area contributed by atoms with Gasteiger partial charge in [-0.25, -0.2) is 0 Å². The van der Waals surface area contributed by atoms with Crippen LogP contribution < -0.4 is 4.74 Å². The van der Waals surface area contributed by atoms with Crippen molar-refractivity contribution >= 4 is 11.8 Å². The van der Waals surface area contributed by atoms with E-state index in [4.69, 9.17) is 4.74 Å². The van der Waals surface area contributed by atoms with E-state index in [1.54, 1.807) is 7.11 Å². The maximum absolute atomic E-state index is 13.1. The smallest absolute Gasteiger partial charge is 0.257 e. The van der Waals surface area contributed by atoms with Crippen LogP contribution in [0.1, 0.15) is 43.0 Å². The van der Waals surface area contributed by atoms with Crippen LogP contribution in [-0.2, 0) is 4.79 Å². The zero-order valence-corrected chi connectivity index (χ0v) is 17.4. The second-order valence-electron chi connectivity index (χ2n) is 7.87. The summed E-state index contributed by atoms with van der Waals surface area (Å²) in [6.45, 7) is 5.52. The number of hydrogen-bond acceptors (Lipinski definition) is 4. The first-order chi connectivity index (χ1) is 13.6. The summed E-state index contributed by atoms with van der Waals surface area (Å²) >= 11 is 0. The molecule has 1 saturated heterocycles. The predicted molar refractivity (Wildman–Crippen MR) is 110 cm³/mol. The zero-order chi connectivity index (χ0) is 20.1. The highest BCUT2D eigenvalue weighted by atomic mass is 16.5. The number of piperazine rings is 1. The van der Waals surface area contributed by atoms with Gasteiger partial charge in [-0.05, 0) is 37.8 Å². The molecule has 1 aliphatic carbocycles. The molecule has 1 atom stereocenters. The molecule has 1 saturated carbocycles. The second-order valence-corrected chi connectivity index (χ2v) is 7.87. The Bertz CT molecular complexity index is 679. The fourth-order valence-electron chi connectivity index (χ4n) is 4.51. The average Bonchev–Trinajstić information content (AvgIpc) is 3.27. The van der Waals surface area contributed by atoms with Crippen molar-refractivity contribution in [1.29, 1.82) is 0 Å². The lowest BCUT2D eigenvalue weighted by Crippen LogP contribution is -2.58. The lowest BCUT2D eigenvalue weighted by molar-refractivity contribution is -0.138. The molecular weight excluding hydrogens is 354 g/mol. The maximum Gasteiger partial charge on any atom is 0.257 e. The molecule has 0 spiro atoms. The van der Waals surface area contributed by atoms with Gasteiger partial charge in [-0.15, -0.1) is 0 Å². The van der Waals surface area contributed by atoms with E-state index in [9.17, 15) is 9.59 Å². The molecule has 2 aliphatic rings. The molecule has 0 unspecified atom stereocenters. The van der Waals surface area contributed by atoms with Gasteiger partial charge >= 0.3 is 0 Å². The van der Waals surface area contributed by atoms with Crippen molar-refractivity contribution in [2.75, 3.05) is 46.9 Å². The molecule has 154 valence electrons. The van der Waals surface area contributed by atoms with E-state index in [2.05, 4.69) is 4.90 Å². The SMILES string of the molecule is CCN(C)C(=O)[C@H](C1CCCC1)N1CCN(C(=O)c2ccccc2OC)CC1. The summed E-state index contributed by atoms with van der Waals surface area (Å²) in [5.74, 6) is 1.29. The summed E-state index contributed by atoms with van der Waals surface area (Å²) in [6.07, 6.45) is 4.70. The third kappa shape index (κ3) is 4.32. The van der Waals surface area contributed by atoms with Gasteiger partial charge in [-0.1, -0.05) is 25.0 Å².